The van der Waals surface area contributed by atoms with Gasteiger partial charge in [-0.1, -0.05) is 0 Å². The highest BCUT2D eigenvalue weighted by atomic mass is 32.2. The Morgan fingerprint density at radius 1 is 1.19 bits per heavy atom. The molecule has 2 rings (SSSR count). The first-order valence-electron chi connectivity index (χ1n) is 7.16. The number of hydrogen-bond donors (Lipinski definition) is 1. The highest BCUT2D eigenvalue weighted by Gasteiger charge is 2.41. The van der Waals surface area contributed by atoms with Crippen LogP contribution < -0.4 is 5.32 Å². The summed E-state index contributed by atoms with van der Waals surface area (Å²) in [6.07, 6.45) is -2.86. The summed E-state index contributed by atoms with van der Waals surface area (Å²) in [5, 5.41) is 3.03. The predicted molar refractivity (Wildman–Crippen MR) is 71.4 cm³/mol. The molecule has 0 bridgehead atoms. The maximum Gasteiger partial charge on any atom is 0.402 e. The second kappa shape index (κ2) is 6.80. The van der Waals surface area contributed by atoms with Crippen LogP contribution in [0.15, 0.2) is 0 Å². The molecular weight excluding hydrogens is 309 g/mol. The van der Waals surface area contributed by atoms with Crippen LogP contribution in [0.1, 0.15) is 25.7 Å². The minimum Gasteiger partial charge on any atom is -0.377 e. The Morgan fingerprint density at radius 2 is 1.86 bits per heavy atom. The smallest absolute Gasteiger partial charge is 0.377 e. The van der Waals surface area contributed by atoms with Crippen LogP contribution in [0.4, 0.5) is 13.2 Å². The Bertz CT molecular complexity index is 430. The molecule has 9 heteroatoms. The lowest BCUT2D eigenvalue weighted by Gasteiger charge is -2.34. The molecule has 0 spiro atoms. The first-order chi connectivity index (χ1) is 9.78. The van der Waals surface area contributed by atoms with E-state index in [4.69, 9.17) is 4.74 Å². The molecule has 2 aliphatic heterocycles. The number of hydrogen-bond acceptors (Lipinski definition) is 4. The van der Waals surface area contributed by atoms with Crippen LogP contribution >= 0.6 is 0 Å². The molecule has 2 fully saturated rings. The molecular formula is C12H21F3N2O3S. The second-order valence-electron chi connectivity index (χ2n) is 5.56. The van der Waals surface area contributed by atoms with Crippen LogP contribution in [0.2, 0.25) is 0 Å². The lowest BCUT2D eigenvalue weighted by molar-refractivity contribution is -0.140. The fraction of sp³-hybridized carbons (Fsp3) is 1.00. The molecule has 2 aliphatic rings. The highest BCUT2D eigenvalue weighted by Crippen LogP contribution is 2.26. The maximum atomic E-state index is 12.8. The molecule has 1 N–H and O–H groups in total. The largest absolute Gasteiger partial charge is 0.402 e. The van der Waals surface area contributed by atoms with E-state index < -0.39 is 34.9 Å². The van der Waals surface area contributed by atoms with E-state index in [1.807, 2.05) is 0 Å². The number of halogens is 3. The number of nitrogens with one attached hydrogen (secondary N) is 1. The Hall–Kier alpha value is -0.380. The van der Waals surface area contributed by atoms with E-state index in [0.717, 1.165) is 6.42 Å². The topological polar surface area (TPSA) is 58.6 Å². The third-order valence-corrected chi connectivity index (χ3v) is 5.76. The van der Waals surface area contributed by atoms with Gasteiger partial charge in [0.15, 0.2) is 0 Å². The van der Waals surface area contributed by atoms with Crippen LogP contribution in [-0.2, 0) is 14.8 Å². The monoisotopic (exact) mass is 330 g/mol. The van der Waals surface area contributed by atoms with Crippen LogP contribution in [-0.4, -0.2) is 63.0 Å². The third kappa shape index (κ3) is 5.08. The summed E-state index contributed by atoms with van der Waals surface area (Å²) < 4.78 is 68.9. The van der Waals surface area contributed by atoms with Crippen LogP contribution in [0.5, 0.6) is 0 Å². The summed E-state index contributed by atoms with van der Waals surface area (Å²) >= 11 is 0. The van der Waals surface area contributed by atoms with Gasteiger partial charge in [0, 0.05) is 12.6 Å². The van der Waals surface area contributed by atoms with Gasteiger partial charge in [-0.15, -0.1) is 0 Å². The first kappa shape index (κ1) is 17.0. The van der Waals surface area contributed by atoms with Crippen molar-refractivity contribution in [2.75, 3.05) is 32.0 Å². The molecule has 5 nitrogen and oxygen atoms in total. The average molecular weight is 330 g/mol. The standard InChI is InChI=1S/C12H21F3N2O3S/c13-12(14,15)9-17(10-3-5-16-6-4-10)21(18,19)8-11-2-1-7-20-11/h10-11,16H,1-9H2. The molecule has 0 radical (unpaired) electrons. The molecule has 124 valence electrons. The van der Waals surface area contributed by atoms with Gasteiger partial charge in [0.2, 0.25) is 10.0 Å². The van der Waals surface area contributed by atoms with E-state index in [1.165, 1.54) is 0 Å². The van der Waals surface area contributed by atoms with Gasteiger partial charge in [0.25, 0.3) is 0 Å². The molecule has 0 aromatic rings. The van der Waals surface area contributed by atoms with Crippen molar-refractivity contribution in [1.82, 2.24) is 9.62 Å². The number of alkyl halides is 3. The summed E-state index contributed by atoms with van der Waals surface area (Å²) in [4.78, 5) is 0. The number of nitrogens with zero attached hydrogens (tertiary/aromatic N) is 1. The lowest BCUT2D eigenvalue weighted by atomic mass is 10.1. The van der Waals surface area contributed by atoms with Crippen LogP contribution in [0, 0.1) is 0 Å². The van der Waals surface area contributed by atoms with Crippen LogP contribution in [0.3, 0.4) is 0 Å². The Kier molecular flexibility index (Phi) is 5.50. The number of piperidine rings is 1. The molecule has 0 amide bonds. The molecule has 1 atom stereocenters. The van der Waals surface area contributed by atoms with Gasteiger partial charge < -0.3 is 10.1 Å². The fourth-order valence-corrected chi connectivity index (χ4v) is 4.76. The molecule has 2 heterocycles. The average Bonchev–Trinajstić information content (AvgIpc) is 2.88. The number of rotatable bonds is 5. The number of ether oxygens (including phenoxy) is 1. The minimum absolute atomic E-state index is 0.354. The molecule has 21 heavy (non-hydrogen) atoms. The van der Waals surface area contributed by atoms with Gasteiger partial charge in [-0.05, 0) is 38.8 Å². The summed E-state index contributed by atoms with van der Waals surface area (Å²) in [6, 6.07) is -0.584. The van der Waals surface area contributed by atoms with E-state index in [1.54, 1.807) is 0 Å². The van der Waals surface area contributed by atoms with Crippen molar-refractivity contribution in [3.05, 3.63) is 0 Å². The van der Waals surface area contributed by atoms with E-state index in [9.17, 15) is 21.6 Å². The van der Waals surface area contributed by atoms with Crippen LogP contribution in [0.25, 0.3) is 0 Å². The molecule has 0 aromatic carbocycles. The van der Waals surface area contributed by atoms with Crippen molar-refractivity contribution < 1.29 is 26.3 Å². The van der Waals surface area contributed by atoms with Gasteiger partial charge in [-0.2, -0.15) is 17.5 Å². The van der Waals surface area contributed by atoms with Crippen molar-refractivity contribution in [2.45, 2.75) is 44.0 Å². The SMILES string of the molecule is O=S(=O)(CC1CCCO1)N(CC(F)(F)F)C1CCNCC1. The fourth-order valence-electron chi connectivity index (χ4n) is 2.83. The van der Waals surface area contributed by atoms with Crippen molar-refractivity contribution in [2.24, 2.45) is 0 Å². The van der Waals surface area contributed by atoms with Gasteiger partial charge in [0.05, 0.1) is 11.9 Å². The van der Waals surface area contributed by atoms with Gasteiger partial charge >= 0.3 is 6.18 Å². The lowest BCUT2D eigenvalue weighted by Crippen LogP contribution is -2.51. The Labute approximate surface area is 122 Å². The van der Waals surface area contributed by atoms with E-state index >= 15 is 0 Å². The van der Waals surface area contributed by atoms with Gasteiger partial charge in [0.1, 0.15) is 6.54 Å². The zero-order valence-electron chi connectivity index (χ0n) is 11.7. The quantitative estimate of drug-likeness (QED) is 0.820. The Balaban J connectivity index is 2.11. The van der Waals surface area contributed by atoms with Crippen molar-refractivity contribution in [1.29, 1.82) is 0 Å². The third-order valence-electron chi connectivity index (χ3n) is 3.83. The zero-order valence-corrected chi connectivity index (χ0v) is 12.5. The van der Waals surface area contributed by atoms with E-state index in [0.29, 0.717) is 43.3 Å². The normalized spacial score (nSPS) is 25.6. The summed E-state index contributed by atoms with van der Waals surface area (Å²) in [6.45, 7) is 0.141. The Morgan fingerprint density at radius 3 is 2.38 bits per heavy atom. The molecule has 0 aromatic heterocycles. The highest BCUT2D eigenvalue weighted by molar-refractivity contribution is 7.89. The summed E-state index contributed by atoms with van der Waals surface area (Å²) in [5.41, 5.74) is 0. The molecule has 1 unspecified atom stereocenters. The summed E-state index contributed by atoms with van der Waals surface area (Å²) in [5.74, 6) is -0.354. The maximum absolute atomic E-state index is 12.8. The van der Waals surface area contributed by atoms with Crippen molar-refractivity contribution in [3.8, 4) is 0 Å². The van der Waals surface area contributed by atoms with E-state index in [-0.39, 0.29) is 5.75 Å². The van der Waals surface area contributed by atoms with E-state index in [2.05, 4.69) is 5.32 Å². The van der Waals surface area contributed by atoms with Gasteiger partial charge in [-0.3, -0.25) is 0 Å². The number of sulfonamides is 1. The molecule has 2 saturated heterocycles. The van der Waals surface area contributed by atoms with Gasteiger partial charge in [-0.25, -0.2) is 8.42 Å². The molecule has 0 saturated carbocycles. The molecule has 0 aliphatic carbocycles. The van der Waals surface area contributed by atoms with Crippen molar-refractivity contribution >= 4 is 10.0 Å². The minimum atomic E-state index is -4.53. The zero-order chi connectivity index (χ0) is 15.5. The van der Waals surface area contributed by atoms with Crippen molar-refractivity contribution in [3.63, 3.8) is 0 Å². The summed E-state index contributed by atoms with van der Waals surface area (Å²) in [7, 11) is -3.98. The predicted octanol–water partition coefficient (Wildman–Crippen LogP) is 1.11. The first-order valence-corrected chi connectivity index (χ1v) is 8.77. The second-order valence-corrected chi connectivity index (χ2v) is 7.52.